The van der Waals surface area contributed by atoms with Gasteiger partial charge in [0.1, 0.15) is 11.9 Å². The van der Waals surface area contributed by atoms with Crippen molar-refractivity contribution in [1.82, 2.24) is 9.80 Å². The van der Waals surface area contributed by atoms with E-state index in [1.165, 1.54) is 12.8 Å². The summed E-state index contributed by atoms with van der Waals surface area (Å²) < 4.78 is 6.45. The minimum Gasteiger partial charge on any atom is -0.489 e. The van der Waals surface area contributed by atoms with Crippen LogP contribution in [-0.2, 0) is 11.3 Å². The molecule has 0 aromatic heterocycles. The van der Waals surface area contributed by atoms with Gasteiger partial charge in [-0.25, -0.2) is 4.79 Å². The second-order valence-electron chi connectivity index (χ2n) is 8.47. The summed E-state index contributed by atoms with van der Waals surface area (Å²) in [6.45, 7) is 6.86. The maximum Gasteiger partial charge on any atom is 0.388 e. The number of hydrogen-bond acceptors (Lipinski definition) is 4. The van der Waals surface area contributed by atoms with Crippen molar-refractivity contribution in [3.8, 4) is 5.75 Å². The van der Waals surface area contributed by atoms with Crippen molar-refractivity contribution < 1.29 is 24.4 Å². The molecule has 1 saturated carbocycles. The van der Waals surface area contributed by atoms with Gasteiger partial charge in [0.15, 0.2) is 6.04 Å². The van der Waals surface area contributed by atoms with Crippen molar-refractivity contribution in [2.24, 2.45) is 0 Å². The first kappa shape index (κ1) is 20.8. The first-order valence-corrected chi connectivity index (χ1v) is 11.2. The molecule has 1 aliphatic carbocycles. The van der Waals surface area contributed by atoms with Crippen LogP contribution in [0.25, 0.3) is 0 Å². The Hall–Kier alpha value is -2.41. The highest BCUT2D eigenvalue weighted by molar-refractivity contribution is 6.01. The van der Waals surface area contributed by atoms with Crippen LogP contribution in [0.4, 0.5) is 0 Å². The van der Waals surface area contributed by atoms with Gasteiger partial charge in [-0.05, 0) is 62.5 Å². The van der Waals surface area contributed by atoms with Gasteiger partial charge in [0, 0.05) is 18.2 Å². The summed E-state index contributed by atoms with van der Waals surface area (Å²) in [4.78, 5) is 30.9. The van der Waals surface area contributed by atoms with Crippen LogP contribution >= 0.6 is 0 Å². The van der Waals surface area contributed by atoms with Gasteiger partial charge in [-0.3, -0.25) is 9.69 Å². The van der Waals surface area contributed by atoms with E-state index in [0.29, 0.717) is 31.0 Å². The molecule has 1 fully saturated rings. The maximum atomic E-state index is 12.9. The topological polar surface area (TPSA) is 84.1 Å². The van der Waals surface area contributed by atoms with Gasteiger partial charge in [-0.1, -0.05) is 20.3 Å². The molecule has 7 heteroatoms. The summed E-state index contributed by atoms with van der Waals surface area (Å²) in [5.74, 6) is 0.354. The van der Waals surface area contributed by atoms with Gasteiger partial charge in [-0.2, -0.15) is 0 Å². The molecule has 1 unspecified atom stereocenters. The minimum absolute atomic E-state index is 0.108. The van der Waals surface area contributed by atoms with E-state index >= 15 is 0 Å². The zero-order valence-corrected chi connectivity index (χ0v) is 17.9. The van der Waals surface area contributed by atoms with Crippen LogP contribution < -0.4 is 9.73 Å². The molecule has 1 aromatic rings. The summed E-state index contributed by atoms with van der Waals surface area (Å²) in [6.07, 6.45) is 5.54. The number of ether oxygens (including phenoxy) is 1. The van der Waals surface area contributed by atoms with Crippen LogP contribution in [0.5, 0.6) is 5.75 Å². The van der Waals surface area contributed by atoms with E-state index in [1.54, 1.807) is 4.90 Å². The third-order valence-corrected chi connectivity index (χ3v) is 6.75. The molecule has 7 nitrogen and oxygen atoms in total. The highest BCUT2D eigenvalue weighted by atomic mass is 16.5. The SMILES string of the molecule is CCN(CC)[C@H]1CCCC[C@H]1Oc1ccc2c(c1)CN(C1CCC(=O)[NH+]=C1O)C2=O. The number of hydrogen-bond donors (Lipinski definition) is 2. The van der Waals surface area contributed by atoms with E-state index in [-0.39, 0.29) is 23.8 Å². The van der Waals surface area contributed by atoms with Crippen molar-refractivity contribution >= 4 is 17.7 Å². The Balaban J connectivity index is 1.50. The largest absolute Gasteiger partial charge is 0.489 e. The average Bonchev–Trinajstić information content (AvgIpc) is 3.06. The number of aliphatic hydroxyl groups is 1. The lowest BCUT2D eigenvalue weighted by atomic mass is 9.91. The second kappa shape index (κ2) is 8.76. The first-order chi connectivity index (χ1) is 14.5. The van der Waals surface area contributed by atoms with E-state index in [2.05, 4.69) is 23.7 Å². The molecular formula is C23H32N3O4+. The molecule has 0 bridgehead atoms. The molecule has 4 rings (SSSR count). The van der Waals surface area contributed by atoms with Crippen LogP contribution in [0.3, 0.4) is 0 Å². The van der Waals surface area contributed by atoms with Gasteiger partial charge >= 0.3 is 11.8 Å². The molecule has 2 amide bonds. The lowest BCUT2D eigenvalue weighted by Crippen LogP contribution is -2.82. The number of carbonyl (C=O) groups excluding carboxylic acids is 2. The number of nitrogens with zero attached hydrogens (tertiary/aromatic N) is 2. The second-order valence-corrected chi connectivity index (χ2v) is 8.47. The van der Waals surface area contributed by atoms with Gasteiger partial charge in [0.2, 0.25) is 0 Å². The molecule has 0 saturated heterocycles. The summed E-state index contributed by atoms with van der Waals surface area (Å²) in [5.41, 5.74) is 1.56. The van der Waals surface area contributed by atoms with Crippen LogP contribution in [0, 0.1) is 0 Å². The van der Waals surface area contributed by atoms with Crippen molar-refractivity contribution in [2.45, 2.75) is 77.1 Å². The standard InChI is InChI=1S/C23H31N3O4/c1-3-25(4-2)18-7-5-6-8-20(18)30-16-9-10-17-15(13-16)14-26(23(17)29)19-11-12-21(27)24-22(19)28/h9-10,13,18-20H,3-8,11-12,14H2,1-2H3,(H,24,27,28)/p+1/t18-,19?,20+/m0/s1. The zero-order chi connectivity index (χ0) is 21.3. The molecular weight excluding hydrogens is 382 g/mol. The summed E-state index contributed by atoms with van der Waals surface area (Å²) in [5, 5.41) is 10.2. The number of carbonyl (C=O) groups is 2. The van der Waals surface area contributed by atoms with Crippen molar-refractivity contribution in [2.75, 3.05) is 13.1 Å². The maximum absolute atomic E-state index is 12.9. The van der Waals surface area contributed by atoms with Crippen molar-refractivity contribution in [1.29, 1.82) is 0 Å². The van der Waals surface area contributed by atoms with E-state index in [1.807, 2.05) is 18.2 Å². The molecule has 3 atom stereocenters. The highest BCUT2D eigenvalue weighted by Gasteiger charge is 2.41. The Labute approximate surface area is 177 Å². The van der Waals surface area contributed by atoms with Crippen molar-refractivity contribution in [3.05, 3.63) is 29.3 Å². The van der Waals surface area contributed by atoms with Crippen LogP contribution in [-0.4, -0.2) is 63.9 Å². The van der Waals surface area contributed by atoms with Crippen LogP contribution in [0.15, 0.2) is 18.2 Å². The Bertz CT molecular complexity index is 849. The molecule has 2 N–H and O–H groups in total. The number of likely N-dealkylation sites (N-methyl/N-ethyl adjacent to an activating group) is 1. The minimum atomic E-state index is -0.475. The Morgan fingerprint density at radius 1 is 1.17 bits per heavy atom. The molecule has 1 aromatic carbocycles. The zero-order valence-electron chi connectivity index (χ0n) is 17.9. The van der Waals surface area contributed by atoms with Gasteiger partial charge in [-0.15, -0.1) is 4.99 Å². The van der Waals surface area contributed by atoms with E-state index in [4.69, 9.17) is 4.74 Å². The number of fused-ring (bicyclic) bond motifs is 1. The van der Waals surface area contributed by atoms with Crippen LogP contribution in [0.1, 0.15) is 68.3 Å². The molecule has 30 heavy (non-hydrogen) atoms. The number of nitrogens with one attached hydrogen (secondary N) is 1. The molecule has 162 valence electrons. The number of rotatable bonds is 6. The average molecular weight is 415 g/mol. The number of amides is 2. The summed E-state index contributed by atoms with van der Waals surface area (Å²) in [7, 11) is 0. The van der Waals surface area contributed by atoms with Crippen molar-refractivity contribution in [3.63, 3.8) is 0 Å². The Kier molecular flexibility index (Phi) is 6.09. The Morgan fingerprint density at radius 3 is 2.67 bits per heavy atom. The fourth-order valence-electron chi connectivity index (χ4n) is 5.14. The number of benzene rings is 1. The first-order valence-electron chi connectivity index (χ1n) is 11.2. The quantitative estimate of drug-likeness (QED) is 0.735. The molecule has 2 aliphatic heterocycles. The molecule has 0 spiro atoms. The molecule has 0 radical (unpaired) electrons. The highest BCUT2D eigenvalue weighted by Crippen LogP contribution is 2.32. The van der Waals surface area contributed by atoms with E-state index < -0.39 is 6.04 Å². The molecule has 3 aliphatic rings. The van der Waals surface area contributed by atoms with Gasteiger partial charge in [0.25, 0.3) is 5.91 Å². The number of aliphatic hydroxyl groups excluding tert-OH is 1. The lowest BCUT2D eigenvalue weighted by Gasteiger charge is -2.39. The van der Waals surface area contributed by atoms with Crippen LogP contribution in [0.2, 0.25) is 0 Å². The third-order valence-electron chi connectivity index (χ3n) is 6.75. The third kappa shape index (κ3) is 3.95. The normalized spacial score (nSPS) is 26.7. The fourth-order valence-corrected chi connectivity index (χ4v) is 5.14. The fraction of sp³-hybridized carbons (Fsp3) is 0.609. The predicted octanol–water partition coefficient (Wildman–Crippen LogP) is 1.40. The predicted molar refractivity (Wildman–Crippen MR) is 113 cm³/mol. The lowest BCUT2D eigenvalue weighted by molar-refractivity contribution is -0.394. The van der Waals surface area contributed by atoms with E-state index in [0.717, 1.165) is 37.2 Å². The van der Waals surface area contributed by atoms with Gasteiger partial charge in [0.05, 0.1) is 6.42 Å². The monoisotopic (exact) mass is 414 g/mol. The summed E-state index contributed by atoms with van der Waals surface area (Å²) in [6, 6.07) is 5.65. The Morgan fingerprint density at radius 2 is 1.93 bits per heavy atom. The summed E-state index contributed by atoms with van der Waals surface area (Å²) >= 11 is 0. The molecule has 2 heterocycles. The smallest absolute Gasteiger partial charge is 0.388 e. The van der Waals surface area contributed by atoms with Gasteiger partial charge < -0.3 is 14.7 Å². The van der Waals surface area contributed by atoms with E-state index in [9.17, 15) is 14.7 Å².